The molecule has 0 unspecified atom stereocenters. The number of ether oxygens (including phenoxy) is 1. The summed E-state index contributed by atoms with van der Waals surface area (Å²) >= 11 is 0. The lowest BCUT2D eigenvalue weighted by molar-refractivity contribution is 0.0813. The molecule has 14 heavy (non-hydrogen) atoms. The Bertz CT molecular complexity index is 277. The van der Waals surface area contributed by atoms with Crippen LogP contribution >= 0.6 is 0 Å². The van der Waals surface area contributed by atoms with Crippen LogP contribution in [0.4, 0.5) is 8.78 Å². The van der Waals surface area contributed by atoms with Crippen molar-refractivity contribution in [3.63, 3.8) is 0 Å². The Morgan fingerprint density at radius 2 is 1.71 bits per heavy atom. The molecule has 0 heterocycles. The topological polar surface area (TPSA) is 9.23 Å². The Balaban J connectivity index is 2.50. The van der Waals surface area contributed by atoms with Crippen molar-refractivity contribution in [2.75, 3.05) is 6.61 Å². The summed E-state index contributed by atoms with van der Waals surface area (Å²) in [7, 11) is 0. The van der Waals surface area contributed by atoms with Gasteiger partial charge in [-0.1, -0.05) is 0 Å². The summed E-state index contributed by atoms with van der Waals surface area (Å²) in [6.45, 7) is 4.33. The molecule has 1 aromatic carbocycles. The highest BCUT2D eigenvalue weighted by Crippen LogP contribution is 2.08. The molecule has 1 rings (SSSR count). The van der Waals surface area contributed by atoms with Gasteiger partial charge in [-0.2, -0.15) is 0 Å². The zero-order valence-electron chi connectivity index (χ0n) is 8.39. The number of rotatable bonds is 4. The molecule has 1 nitrogen and oxygen atoms in total. The average molecular weight is 200 g/mol. The molecule has 0 spiro atoms. The van der Waals surface area contributed by atoms with Gasteiger partial charge >= 0.3 is 0 Å². The normalized spacial score (nSPS) is 10.9. The van der Waals surface area contributed by atoms with Crippen LogP contribution in [0.15, 0.2) is 18.2 Å². The summed E-state index contributed by atoms with van der Waals surface area (Å²) in [5.74, 6) is -1.07. The fourth-order valence-electron chi connectivity index (χ4n) is 1.17. The summed E-state index contributed by atoms with van der Waals surface area (Å²) < 4.78 is 30.7. The monoisotopic (exact) mass is 200 g/mol. The molecular weight excluding hydrogens is 186 g/mol. The van der Waals surface area contributed by atoms with E-state index in [1.807, 2.05) is 13.8 Å². The van der Waals surface area contributed by atoms with Gasteiger partial charge in [-0.3, -0.25) is 0 Å². The van der Waals surface area contributed by atoms with Gasteiger partial charge in [0.2, 0.25) is 0 Å². The summed E-state index contributed by atoms with van der Waals surface area (Å²) in [6.07, 6.45) is 0.681. The first-order valence-electron chi connectivity index (χ1n) is 4.64. The van der Waals surface area contributed by atoms with Crippen LogP contribution in [0.2, 0.25) is 0 Å². The van der Waals surface area contributed by atoms with E-state index in [0.29, 0.717) is 18.6 Å². The quantitative estimate of drug-likeness (QED) is 0.726. The lowest BCUT2D eigenvalue weighted by Crippen LogP contribution is -2.06. The summed E-state index contributed by atoms with van der Waals surface area (Å²) in [6, 6.07) is 3.52. The van der Waals surface area contributed by atoms with Gasteiger partial charge in [0, 0.05) is 6.07 Å². The minimum atomic E-state index is -0.537. The van der Waals surface area contributed by atoms with Crippen LogP contribution in [0.25, 0.3) is 0 Å². The standard InChI is InChI=1S/C11H14F2O/c1-8(2)14-4-3-9-5-10(12)7-11(13)6-9/h5-8H,3-4H2,1-2H3. The van der Waals surface area contributed by atoms with Crippen LogP contribution in [0.3, 0.4) is 0 Å². The highest BCUT2D eigenvalue weighted by atomic mass is 19.1. The van der Waals surface area contributed by atoms with Crippen LogP contribution in [0.1, 0.15) is 19.4 Å². The van der Waals surface area contributed by atoms with E-state index < -0.39 is 11.6 Å². The first kappa shape index (κ1) is 11.1. The summed E-state index contributed by atoms with van der Waals surface area (Å²) in [4.78, 5) is 0. The van der Waals surface area contributed by atoms with Gasteiger partial charge in [-0.05, 0) is 38.0 Å². The predicted octanol–water partition coefficient (Wildman–Crippen LogP) is 2.93. The molecule has 0 radical (unpaired) electrons. The third-order valence-corrected chi connectivity index (χ3v) is 1.76. The summed E-state index contributed by atoms with van der Waals surface area (Å²) in [5.41, 5.74) is 0.628. The van der Waals surface area contributed by atoms with Crippen molar-refractivity contribution in [3.8, 4) is 0 Å². The van der Waals surface area contributed by atoms with Crippen molar-refractivity contribution in [1.82, 2.24) is 0 Å². The van der Waals surface area contributed by atoms with E-state index in [4.69, 9.17) is 4.74 Å². The second-order valence-corrected chi connectivity index (χ2v) is 3.45. The van der Waals surface area contributed by atoms with E-state index in [1.165, 1.54) is 12.1 Å². The fraction of sp³-hybridized carbons (Fsp3) is 0.455. The van der Waals surface area contributed by atoms with Crippen molar-refractivity contribution >= 4 is 0 Å². The largest absolute Gasteiger partial charge is 0.378 e. The highest BCUT2D eigenvalue weighted by Gasteiger charge is 2.01. The van der Waals surface area contributed by atoms with Gasteiger partial charge in [-0.25, -0.2) is 8.78 Å². The van der Waals surface area contributed by atoms with Gasteiger partial charge < -0.3 is 4.74 Å². The fourth-order valence-corrected chi connectivity index (χ4v) is 1.17. The van der Waals surface area contributed by atoms with E-state index in [-0.39, 0.29) is 6.10 Å². The zero-order chi connectivity index (χ0) is 10.6. The number of benzene rings is 1. The van der Waals surface area contributed by atoms with Crippen LogP contribution in [0, 0.1) is 11.6 Å². The Morgan fingerprint density at radius 3 is 2.21 bits per heavy atom. The van der Waals surface area contributed by atoms with E-state index in [1.54, 1.807) is 0 Å². The van der Waals surface area contributed by atoms with E-state index in [2.05, 4.69) is 0 Å². The minimum absolute atomic E-state index is 0.147. The Labute approximate surface area is 82.7 Å². The average Bonchev–Trinajstić information content (AvgIpc) is 2.01. The molecule has 78 valence electrons. The molecule has 0 aliphatic rings. The maximum Gasteiger partial charge on any atom is 0.126 e. The number of hydrogen-bond donors (Lipinski definition) is 0. The van der Waals surface area contributed by atoms with Crippen molar-refractivity contribution in [3.05, 3.63) is 35.4 Å². The van der Waals surface area contributed by atoms with Crippen molar-refractivity contribution in [2.45, 2.75) is 26.4 Å². The molecule has 0 N–H and O–H groups in total. The maximum absolute atomic E-state index is 12.7. The Hall–Kier alpha value is -0.960. The molecule has 0 saturated heterocycles. The smallest absolute Gasteiger partial charge is 0.126 e. The van der Waals surface area contributed by atoms with E-state index in [9.17, 15) is 8.78 Å². The van der Waals surface area contributed by atoms with Gasteiger partial charge in [-0.15, -0.1) is 0 Å². The molecule has 0 aliphatic heterocycles. The third kappa shape index (κ3) is 3.83. The number of hydrogen-bond acceptors (Lipinski definition) is 1. The van der Waals surface area contributed by atoms with E-state index in [0.717, 1.165) is 6.07 Å². The minimum Gasteiger partial charge on any atom is -0.378 e. The zero-order valence-corrected chi connectivity index (χ0v) is 8.39. The molecule has 0 amide bonds. The van der Waals surface area contributed by atoms with Crippen LogP contribution in [-0.2, 0) is 11.2 Å². The first-order chi connectivity index (χ1) is 6.58. The van der Waals surface area contributed by atoms with Crippen molar-refractivity contribution < 1.29 is 13.5 Å². The number of halogens is 2. The molecule has 0 bridgehead atoms. The molecular formula is C11H14F2O. The molecule has 0 fully saturated rings. The Morgan fingerprint density at radius 1 is 1.14 bits per heavy atom. The first-order valence-corrected chi connectivity index (χ1v) is 4.64. The second-order valence-electron chi connectivity index (χ2n) is 3.45. The van der Waals surface area contributed by atoms with Gasteiger partial charge in [0.25, 0.3) is 0 Å². The maximum atomic E-state index is 12.7. The molecule has 0 aromatic heterocycles. The summed E-state index contributed by atoms with van der Waals surface area (Å²) in [5, 5.41) is 0. The second kappa shape index (κ2) is 5.05. The van der Waals surface area contributed by atoms with Gasteiger partial charge in [0.05, 0.1) is 12.7 Å². The van der Waals surface area contributed by atoms with Gasteiger partial charge in [0.15, 0.2) is 0 Å². The van der Waals surface area contributed by atoms with Crippen molar-refractivity contribution in [2.24, 2.45) is 0 Å². The predicted molar refractivity (Wildman–Crippen MR) is 51.2 cm³/mol. The van der Waals surface area contributed by atoms with Crippen LogP contribution < -0.4 is 0 Å². The molecule has 0 aliphatic carbocycles. The highest BCUT2D eigenvalue weighted by molar-refractivity contribution is 5.17. The molecule has 3 heteroatoms. The van der Waals surface area contributed by atoms with E-state index >= 15 is 0 Å². The lowest BCUT2D eigenvalue weighted by atomic mass is 10.1. The van der Waals surface area contributed by atoms with Crippen LogP contribution in [0.5, 0.6) is 0 Å². The molecule has 1 aromatic rings. The van der Waals surface area contributed by atoms with Crippen molar-refractivity contribution in [1.29, 1.82) is 0 Å². The SMILES string of the molecule is CC(C)OCCc1cc(F)cc(F)c1. The third-order valence-electron chi connectivity index (χ3n) is 1.76. The Kier molecular flexibility index (Phi) is 4.01. The lowest BCUT2D eigenvalue weighted by Gasteiger charge is -2.07. The van der Waals surface area contributed by atoms with Crippen LogP contribution in [-0.4, -0.2) is 12.7 Å². The van der Waals surface area contributed by atoms with Gasteiger partial charge in [0.1, 0.15) is 11.6 Å². The molecule has 0 saturated carbocycles. The molecule has 0 atom stereocenters.